The number of benzene rings is 4. The highest BCUT2D eigenvalue weighted by molar-refractivity contribution is 5.97. The van der Waals surface area contributed by atoms with Gasteiger partial charge in [0.15, 0.2) is 0 Å². The van der Waals surface area contributed by atoms with Gasteiger partial charge in [0.1, 0.15) is 5.41 Å². The van der Waals surface area contributed by atoms with E-state index in [2.05, 4.69) is 59.4 Å². The molecule has 0 aliphatic rings. The van der Waals surface area contributed by atoms with Crippen molar-refractivity contribution in [3.8, 4) is 0 Å². The highest BCUT2D eigenvalue weighted by atomic mass is 16.5. The van der Waals surface area contributed by atoms with Crippen molar-refractivity contribution in [1.29, 1.82) is 0 Å². The van der Waals surface area contributed by atoms with Gasteiger partial charge in [-0.05, 0) is 36.2 Å². The molecule has 0 aliphatic heterocycles. The Hall–Kier alpha value is -4.31. The summed E-state index contributed by atoms with van der Waals surface area (Å²) in [7, 11) is 3.49. The average molecular weight is 475 g/mol. The monoisotopic (exact) mass is 474 g/mol. The number of methoxy groups -OCH3 is 1. The maximum atomic E-state index is 14.3. The Morgan fingerprint density at radius 1 is 0.833 bits per heavy atom. The number of carbonyl (C=O) groups is 1. The summed E-state index contributed by atoms with van der Waals surface area (Å²) in [6.45, 7) is 2.07. The summed E-state index contributed by atoms with van der Waals surface area (Å²) in [5.41, 5.74) is 4.71. The van der Waals surface area contributed by atoms with E-state index in [1.807, 2.05) is 79.8 Å². The second-order valence-corrected chi connectivity index (χ2v) is 9.19. The first-order valence-electron chi connectivity index (χ1n) is 12.1. The van der Waals surface area contributed by atoms with E-state index in [1.54, 1.807) is 0 Å². The Morgan fingerprint density at radius 2 is 1.44 bits per heavy atom. The summed E-state index contributed by atoms with van der Waals surface area (Å²) in [5, 5.41) is 4.75. The summed E-state index contributed by atoms with van der Waals surface area (Å²) in [6.07, 6.45) is 2.07. The Bertz CT molecular complexity index is 1470. The molecule has 0 amide bonds. The molecule has 1 heterocycles. The number of carbonyl (C=O) groups excluding carboxylic acids is 1. The zero-order chi connectivity index (χ0) is 25.1. The maximum Gasteiger partial charge on any atom is 0.323 e. The van der Waals surface area contributed by atoms with Crippen LogP contribution < -0.4 is 5.32 Å². The highest BCUT2D eigenvalue weighted by Gasteiger charge is 2.52. The number of ether oxygens (including phenoxy) is 1. The number of nitrogens with one attached hydrogen (secondary N) is 1. The Morgan fingerprint density at radius 3 is 2.11 bits per heavy atom. The third-order valence-electron chi connectivity index (χ3n) is 6.99. The van der Waals surface area contributed by atoms with E-state index in [0.717, 1.165) is 38.8 Å². The molecule has 0 aliphatic carbocycles. The number of hydrogen-bond donors (Lipinski definition) is 1. The first-order chi connectivity index (χ1) is 17.6. The van der Waals surface area contributed by atoms with Gasteiger partial charge in [-0.15, -0.1) is 0 Å². The minimum Gasteiger partial charge on any atom is -0.468 e. The van der Waals surface area contributed by atoms with Crippen molar-refractivity contribution >= 4 is 22.6 Å². The second-order valence-electron chi connectivity index (χ2n) is 9.19. The largest absolute Gasteiger partial charge is 0.468 e. The molecule has 1 aromatic heterocycles. The smallest absolute Gasteiger partial charge is 0.323 e. The molecule has 0 spiro atoms. The summed E-state index contributed by atoms with van der Waals surface area (Å²) >= 11 is 0. The van der Waals surface area contributed by atoms with Gasteiger partial charge in [-0.3, -0.25) is 4.79 Å². The number of rotatable bonds is 7. The molecular weight excluding hydrogens is 444 g/mol. The molecule has 0 fully saturated rings. The van der Waals surface area contributed by atoms with Gasteiger partial charge >= 0.3 is 5.97 Å². The fourth-order valence-corrected chi connectivity index (χ4v) is 5.24. The van der Waals surface area contributed by atoms with Crippen molar-refractivity contribution in [3.63, 3.8) is 0 Å². The predicted octanol–water partition coefficient (Wildman–Crippen LogP) is 6.80. The van der Waals surface area contributed by atoms with Crippen molar-refractivity contribution in [2.24, 2.45) is 7.05 Å². The van der Waals surface area contributed by atoms with Gasteiger partial charge < -0.3 is 14.6 Å². The summed E-state index contributed by atoms with van der Waals surface area (Å²) in [4.78, 5) is 14.3. The van der Waals surface area contributed by atoms with E-state index < -0.39 is 11.5 Å². The Balaban J connectivity index is 1.90. The molecule has 4 nitrogen and oxygen atoms in total. The van der Waals surface area contributed by atoms with E-state index in [4.69, 9.17) is 4.74 Å². The number of para-hydroxylation sites is 2. The van der Waals surface area contributed by atoms with Crippen LogP contribution in [0.5, 0.6) is 0 Å². The van der Waals surface area contributed by atoms with Gasteiger partial charge in [0.05, 0.1) is 13.2 Å². The maximum absolute atomic E-state index is 14.3. The van der Waals surface area contributed by atoms with E-state index in [-0.39, 0.29) is 5.97 Å². The minimum atomic E-state index is -1.18. The van der Waals surface area contributed by atoms with Crippen LogP contribution in [0.2, 0.25) is 0 Å². The number of aryl methyl sites for hydroxylation is 2. The molecule has 5 aromatic rings. The fourth-order valence-electron chi connectivity index (χ4n) is 5.24. The van der Waals surface area contributed by atoms with Gasteiger partial charge in [0.2, 0.25) is 0 Å². The van der Waals surface area contributed by atoms with Crippen LogP contribution in [0.3, 0.4) is 0 Å². The Kier molecular flexibility index (Phi) is 6.34. The molecule has 2 unspecified atom stereocenters. The molecular formula is C32H30N2O2. The number of nitrogens with zero attached hydrogens (tertiary/aromatic N) is 1. The lowest BCUT2D eigenvalue weighted by atomic mass is 9.66. The van der Waals surface area contributed by atoms with Gasteiger partial charge in [0, 0.05) is 35.4 Å². The first kappa shape index (κ1) is 23.4. The van der Waals surface area contributed by atoms with Crippen LogP contribution in [-0.2, 0) is 22.0 Å². The van der Waals surface area contributed by atoms with Gasteiger partial charge in [-0.25, -0.2) is 0 Å². The third kappa shape index (κ3) is 3.95. The lowest BCUT2D eigenvalue weighted by Gasteiger charge is -2.40. The summed E-state index contributed by atoms with van der Waals surface area (Å²) < 4.78 is 7.74. The molecule has 180 valence electrons. The van der Waals surface area contributed by atoms with E-state index >= 15 is 0 Å². The van der Waals surface area contributed by atoms with Gasteiger partial charge in [0.25, 0.3) is 0 Å². The minimum absolute atomic E-state index is 0.320. The molecule has 1 N–H and O–H groups in total. The Labute approximate surface area is 212 Å². The van der Waals surface area contributed by atoms with Crippen molar-refractivity contribution < 1.29 is 9.53 Å². The zero-order valence-electron chi connectivity index (χ0n) is 20.8. The standard InChI is InChI=1S/C32H30N2O2/c1-23-18-20-24(21-19-23)30(33-26-14-8-5-9-15-26)32(31(35)36-3,25-12-6-4-7-13-25)28-22-34(2)29-17-11-10-16-27(28)29/h4-22,30,33H,1-3H3. The van der Waals surface area contributed by atoms with Crippen LogP contribution in [0, 0.1) is 6.92 Å². The van der Waals surface area contributed by atoms with Crippen molar-refractivity contribution in [2.45, 2.75) is 18.4 Å². The number of esters is 1. The van der Waals surface area contributed by atoms with Crippen LogP contribution in [0.15, 0.2) is 115 Å². The lowest BCUT2D eigenvalue weighted by molar-refractivity contribution is -0.146. The SMILES string of the molecule is COC(=O)C(c1ccccc1)(c1cn(C)c2ccccc12)C(Nc1ccccc1)c1ccc(C)cc1. The van der Waals surface area contributed by atoms with Gasteiger partial charge in [-0.2, -0.15) is 0 Å². The molecule has 4 heteroatoms. The van der Waals surface area contributed by atoms with Crippen molar-refractivity contribution in [1.82, 2.24) is 4.57 Å². The number of aromatic nitrogens is 1. The van der Waals surface area contributed by atoms with Crippen molar-refractivity contribution in [2.75, 3.05) is 12.4 Å². The van der Waals surface area contributed by atoms with Crippen LogP contribution in [0.25, 0.3) is 10.9 Å². The molecule has 5 rings (SSSR count). The highest BCUT2D eigenvalue weighted by Crippen LogP contribution is 2.48. The summed E-state index contributed by atoms with van der Waals surface area (Å²) in [5.74, 6) is -0.320. The molecule has 0 saturated heterocycles. The van der Waals surface area contributed by atoms with E-state index in [9.17, 15) is 4.79 Å². The predicted molar refractivity (Wildman–Crippen MR) is 146 cm³/mol. The second kappa shape index (κ2) is 9.74. The number of hydrogen-bond acceptors (Lipinski definition) is 3. The van der Waals surface area contributed by atoms with Crippen LogP contribution in [-0.4, -0.2) is 17.6 Å². The normalized spacial score (nSPS) is 13.6. The first-order valence-corrected chi connectivity index (χ1v) is 12.1. The number of fused-ring (bicyclic) bond motifs is 1. The molecule has 2 atom stereocenters. The number of anilines is 1. The summed E-state index contributed by atoms with van der Waals surface area (Å²) in [6, 6.07) is 36.1. The van der Waals surface area contributed by atoms with Crippen LogP contribution >= 0.6 is 0 Å². The third-order valence-corrected chi connectivity index (χ3v) is 6.99. The average Bonchev–Trinajstić information content (AvgIpc) is 3.26. The van der Waals surface area contributed by atoms with E-state index in [1.165, 1.54) is 7.11 Å². The molecule has 0 saturated carbocycles. The van der Waals surface area contributed by atoms with Crippen molar-refractivity contribution in [3.05, 3.63) is 138 Å². The van der Waals surface area contributed by atoms with Crippen LogP contribution in [0.4, 0.5) is 5.69 Å². The molecule has 36 heavy (non-hydrogen) atoms. The fraction of sp³-hybridized carbons (Fsp3) is 0.156. The zero-order valence-corrected chi connectivity index (χ0v) is 20.8. The molecule has 0 radical (unpaired) electrons. The lowest BCUT2D eigenvalue weighted by Crippen LogP contribution is -2.46. The van der Waals surface area contributed by atoms with Gasteiger partial charge in [-0.1, -0.05) is 96.6 Å². The van der Waals surface area contributed by atoms with E-state index in [0.29, 0.717) is 0 Å². The quantitative estimate of drug-likeness (QED) is 0.264. The molecule has 0 bridgehead atoms. The van der Waals surface area contributed by atoms with Crippen LogP contribution in [0.1, 0.15) is 28.3 Å². The molecule has 4 aromatic carbocycles. The topological polar surface area (TPSA) is 43.3 Å².